The van der Waals surface area contributed by atoms with Crippen LogP contribution in [0.2, 0.25) is 5.02 Å². The molecular weight excluding hydrogens is 693 g/mol. The molecule has 1 aromatic heterocycles. The first-order chi connectivity index (χ1) is 25.0. The second kappa shape index (κ2) is 16.0. The average Bonchev–Trinajstić information content (AvgIpc) is 3.14. The van der Waals surface area contributed by atoms with Crippen molar-refractivity contribution >= 4 is 23.5 Å². The van der Waals surface area contributed by atoms with Crippen molar-refractivity contribution in [1.82, 2.24) is 10.3 Å². The van der Waals surface area contributed by atoms with Crippen LogP contribution in [0.5, 0.6) is 5.75 Å². The number of carboxylic acid groups (broad SMARTS) is 2. The normalized spacial score (nSPS) is 13.3. The van der Waals surface area contributed by atoms with Crippen LogP contribution in [0, 0.1) is 0 Å². The molecule has 6 rings (SSSR count). The summed E-state index contributed by atoms with van der Waals surface area (Å²) in [5.74, 6) is -1.66. The summed E-state index contributed by atoms with van der Waals surface area (Å²) < 4.78 is 45.2. The number of nitrogens with one attached hydrogen (secondary N) is 1. The van der Waals surface area contributed by atoms with Gasteiger partial charge in [0.05, 0.1) is 11.1 Å². The first kappa shape index (κ1) is 36.6. The van der Waals surface area contributed by atoms with Crippen molar-refractivity contribution < 1.29 is 37.7 Å². The zero-order chi connectivity index (χ0) is 36.8. The Morgan fingerprint density at radius 3 is 2.25 bits per heavy atom. The van der Waals surface area contributed by atoms with E-state index in [4.69, 9.17) is 16.3 Å². The smallest absolute Gasteiger partial charge is 0.416 e. The van der Waals surface area contributed by atoms with Crippen LogP contribution in [-0.4, -0.2) is 40.2 Å². The molecule has 0 amide bonds. The molecule has 0 radical (unpaired) electrons. The Balaban J connectivity index is 1.14. The van der Waals surface area contributed by atoms with Gasteiger partial charge in [-0.1, -0.05) is 66.2 Å². The number of rotatable bonds is 13. The van der Waals surface area contributed by atoms with E-state index in [0.29, 0.717) is 47.8 Å². The van der Waals surface area contributed by atoms with Gasteiger partial charge in [0.25, 0.3) is 0 Å². The molecule has 1 atom stereocenters. The van der Waals surface area contributed by atoms with Gasteiger partial charge in [-0.05, 0) is 114 Å². The van der Waals surface area contributed by atoms with Crippen molar-refractivity contribution in [3.05, 3.63) is 152 Å². The van der Waals surface area contributed by atoms with Crippen LogP contribution in [-0.2, 0) is 32.0 Å². The first-order valence-electron chi connectivity index (χ1n) is 16.9. The molecular formula is C41H36ClF3N2O5. The van der Waals surface area contributed by atoms with Gasteiger partial charge in [0.2, 0.25) is 0 Å². The van der Waals surface area contributed by atoms with Crippen molar-refractivity contribution in [2.75, 3.05) is 13.1 Å². The van der Waals surface area contributed by atoms with Gasteiger partial charge in [-0.2, -0.15) is 13.2 Å². The lowest BCUT2D eigenvalue weighted by atomic mass is 9.82. The maximum Gasteiger partial charge on any atom is 0.416 e. The Hall–Kier alpha value is -5.19. The van der Waals surface area contributed by atoms with Crippen LogP contribution in [0.4, 0.5) is 13.2 Å². The SMILES string of the molecule is O=C(O)c1ccc(C(CNCCc2ccccc2OCc2ccc(-c3ccc(C(F)(F)F)cc3)cc2Cl)c2cc(C(=O)O)nc3c2CCCC3)cc1. The number of carboxylic acids is 2. The number of halogens is 4. The number of pyridine rings is 1. The second-order valence-corrected chi connectivity index (χ2v) is 13.2. The van der Waals surface area contributed by atoms with E-state index >= 15 is 0 Å². The molecule has 4 aromatic carbocycles. The third-order valence-electron chi connectivity index (χ3n) is 9.36. The number of alkyl halides is 3. The number of benzene rings is 4. The lowest BCUT2D eigenvalue weighted by Crippen LogP contribution is -2.27. The fraction of sp³-hybridized carbons (Fsp3) is 0.244. The number of aromatic nitrogens is 1. The summed E-state index contributed by atoms with van der Waals surface area (Å²) >= 11 is 6.58. The molecule has 1 aliphatic carbocycles. The van der Waals surface area contributed by atoms with E-state index in [2.05, 4.69) is 10.3 Å². The number of aryl methyl sites for hydroxylation is 1. The summed E-state index contributed by atoms with van der Waals surface area (Å²) in [4.78, 5) is 28.0. The monoisotopic (exact) mass is 728 g/mol. The van der Waals surface area contributed by atoms with Crippen molar-refractivity contribution in [3.63, 3.8) is 0 Å². The molecule has 52 heavy (non-hydrogen) atoms. The number of hydrogen-bond acceptors (Lipinski definition) is 5. The van der Waals surface area contributed by atoms with E-state index in [9.17, 15) is 33.0 Å². The maximum atomic E-state index is 13.0. The van der Waals surface area contributed by atoms with Gasteiger partial charge < -0.3 is 20.3 Å². The van der Waals surface area contributed by atoms with Crippen LogP contribution in [0.25, 0.3) is 11.1 Å². The summed E-state index contributed by atoms with van der Waals surface area (Å²) in [6.45, 7) is 1.24. The zero-order valence-electron chi connectivity index (χ0n) is 28.1. The Kier molecular flexibility index (Phi) is 11.3. The minimum Gasteiger partial charge on any atom is -0.489 e. The Morgan fingerprint density at radius 2 is 1.56 bits per heavy atom. The third-order valence-corrected chi connectivity index (χ3v) is 9.72. The quantitative estimate of drug-likeness (QED) is 0.104. The van der Waals surface area contributed by atoms with Crippen molar-refractivity contribution in [1.29, 1.82) is 0 Å². The number of aromatic carboxylic acids is 2. The summed E-state index contributed by atoms with van der Waals surface area (Å²) in [6.07, 6.45) is -0.341. The topological polar surface area (TPSA) is 109 Å². The van der Waals surface area contributed by atoms with Crippen LogP contribution in [0.1, 0.15) is 78.7 Å². The van der Waals surface area contributed by atoms with Crippen molar-refractivity contribution in [2.24, 2.45) is 0 Å². The lowest BCUT2D eigenvalue weighted by Gasteiger charge is -2.26. The molecule has 0 saturated heterocycles. The standard InChI is InChI=1S/C41H36ClF3N2O5/c42-35-21-29(25-15-17-31(18-16-25)41(43,44)45)13-14-30(35)24-52-38-8-4-1-5-27(38)19-20-46-23-34(26-9-11-28(12-10-26)39(48)49)33-22-37(40(50)51)47-36-7-3-2-6-32(33)36/h1,4-5,8-18,21-22,34,46H,2-3,6-7,19-20,23-24H2,(H,48,49)(H,50,51). The molecule has 0 bridgehead atoms. The van der Waals surface area contributed by atoms with Gasteiger partial charge in [-0.3, -0.25) is 0 Å². The molecule has 7 nitrogen and oxygen atoms in total. The molecule has 0 saturated carbocycles. The number of fused-ring (bicyclic) bond motifs is 1. The van der Waals surface area contributed by atoms with E-state index in [-0.39, 0.29) is 23.8 Å². The van der Waals surface area contributed by atoms with Gasteiger partial charge in [-0.25, -0.2) is 14.6 Å². The highest BCUT2D eigenvalue weighted by atomic mass is 35.5. The van der Waals surface area contributed by atoms with Gasteiger partial charge in [0, 0.05) is 28.7 Å². The summed E-state index contributed by atoms with van der Waals surface area (Å²) in [6, 6.07) is 26.3. The maximum absolute atomic E-state index is 13.0. The zero-order valence-corrected chi connectivity index (χ0v) is 28.8. The summed E-state index contributed by atoms with van der Waals surface area (Å²) in [7, 11) is 0. The number of para-hydroxylation sites is 1. The predicted octanol–water partition coefficient (Wildman–Crippen LogP) is 9.24. The summed E-state index contributed by atoms with van der Waals surface area (Å²) in [5.41, 5.74) is 6.10. The van der Waals surface area contributed by atoms with Gasteiger partial charge in [0.15, 0.2) is 0 Å². The Labute approximate surface area is 304 Å². The van der Waals surface area contributed by atoms with E-state index < -0.39 is 23.7 Å². The molecule has 0 spiro atoms. The molecule has 0 aliphatic heterocycles. The van der Waals surface area contributed by atoms with Gasteiger partial charge in [-0.15, -0.1) is 0 Å². The average molecular weight is 729 g/mol. The van der Waals surface area contributed by atoms with Crippen molar-refractivity contribution in [3.8, 4) is 16.9 Å². The van der Waals surface area contributed by atoms with Gasteiger partial charge >= 0.3 is 18.1 Å². The minimum atomic E-state index is -4.41. The van der Waals surface area contributed by atoms with Crippen LogP contribution >= 0.6 is 11.6 Å². The highest BCUT2D eigenvalue weighted by Crippen LogP contribution is 2.35. The fourth-order valence-electron chi connectivity index (χ4n) is 6.59. The number of ether oxygens (including phenoxy) is 1. The largest absolute Gasteiger partial charge is 0.489 e. The van der Waals surface area contributed by atoms with Crippen LogP contribution in [0.3, 0.4) is 0 Å². The molecule has 11 heteroatoms. The molecule has 1 aliphatic rings. The third kappa shape index (κ3) is 8.63. The lowest BCUT2D eigenvalue weighted by molar-refractivity contribution is -0.137. The van der Waals surface area contributed by atoms with Crippen LogP contribution < -0.4 is 10.1 Å². The van der Waals surface area contributed by atoms with Crippen molar-refractivity contribution in [2.45, 2.75) is 50.8 Å². The minimum absolute atomic E-state index is 0.00298. The second-order valence-electron chi connectivity index (χ2n) is 12.7. The highest BCUT2D eigenvalue weighted by Gasteiger charge is 2.30. The summed E-state index contributed by atoms with van der Waals surface area (Å²) in [5, 5.41) is 23.3. The molecule has 0 fully saturated rings. The fourth-order valence-corrected chi connectivity index (χ4v) is 6.83. The Bertz CT molecular complexity index is 2070. The molecule has 268 valence electrons. The van der Waals surface area contributed by atoms with Crippen LogP contribution in [0.15, 0.2) is 97.1 Å². The number of nitrogens with zero attached hydrogens (tertiary/aromatic N) is 1. The predicted molar refractivity (Wildman–Crippen MR) is 192 cm³/mol. The first-order valence-corrected chi connectivity index (χ1v) is 17.3. The molecule has 1 heterocycles. The van der Waals surface area contributed by atoms with E-state index in [1.165, 1.54) is 12.1 Å². The van der Waals surface area contributed by atoms with Gasteiger partial charge in [0.1, 0.15) is 18.1 Å². The van der Waals surface area contributed by atoms with E-state index in [0.717, 1.165) is 64.9 Å². The van der Waals surface area contributed by atoms with E-state index in [1.54, 1.807) is 48.5 Å². The molecule has 5 aromatic rings. The number of hydrogen-bond donors (Lipinski definition) is 3. The van der Waals surface area contributed by atoms with E-state index in [1.807, 2.05) is 24.3 Å². The number of carbonyl (C=O) groups is 2. The molecule has 3 N–H and O–H groups in total. The molecule has 1 unspecified atom stereocenters. The Morgan fingerprint density at radius 1 is 0.846 bits per heavy atom. The highest BCUT2D eigenvalue weighted by molar-refractivity contribution is 6.31.